The van der Waals surface area contributed by atoms with Crippen LogP contribution in [0.2, 0.25) is 0 Å². The molecule has 3 heterocycles. The predicted octanol–water partition coefficient (Wildman–Crippen LogP) is 1.88. The van der Waals surface area contributed by atoms with E-state index in [1.165, 1.54) is 12.8 Å². The number of hydrogen-bond donors (Lipinski definition) is 2. The minimum Gasteiger partial charge on any atom is -0.380 e. The molecule has 2 aliphatic carbocycles. The van der Waals surface area contributed by atoms with Crippen molar-refractivity contribution in [1.29, 1.82) is 0 Å². The van der Waals surface area contributed by atoms with E-state index in [0.717, 1.165) is 36.6 Å². The van der Waals surface area contributed by atoms with Gasteiger partial charge in [0.15, 0.2) is 5.82 Å². The predicted molar refractivity (Wildman–Crippen MR) is 88.1 cm³/mol. The summed E-state index contributed by atoms with van der Waals surface area (Å²) in [5.74, 6) is 2.59. The summed E-state index contributed by atoms with van der Waals surface area (Å²) in [6.45, 7) is 0.547. The summed E-state index contributed by atoms with van der Waals surface area (Å²) in [5.41, 5.74) is 1.55. The van der Waals surface area contributed by atoms with Crippen LogP contribution in [0.4, 0.5) is 0 Å². The largest absolute Gasteiger partial charge is 0.380 e. The number of carbonyl (C=O) groups excluding carboxylic acids is 1. The lowest BCUT2D eigenvalue weighted by Crippen LogP contribution is -2.32. The number of nitrogens with one attached hydrogen (secondary N) is 2. The van der Waals surface area contributed by atoms with Crippen LogP contribution in [0.25, 0.3) is 0 Å². The maximum absolute atomic E-state index is 13.0. The van der Waals surface area contributed by atoms with Crippen LogP contribution >= 0.6 is 0 Å². The summed E-state index contributed by atoms with van der Waals surface area (Å²) in [6.07, 6.45) is 5.39. The summed E-state index contributed by atoms with van der Waals surface area (Å²) < 4.78 is 5.52. The molecule has 3 aliphatic rings. The molecule has 1 amide bonds. The van der Waals surface area contributed by atoms with Gasteiger partial charge in [0.05, 0.1) is 12.1 Å². The number of H-pyrrole nitrogens is 2. The zero-order valence-electron chi connectivity index (χ0n) is 14.2. The number of aromatic nitrogens is 5. The average molecular weight is 342 g/mol. The van der Waals surface area contributed by atoms with E-state index in [2.05, 4.69) is 25.4 Å². The van der Waals surface area contributed by atoms with Crippen LogP contribution in [0.15, 0.2) is 6.07 Å². The zero-order valence-corrected chi connectivity index (χ0v) is 14.2. The van der Waals surface area contributed by atoms with Crippen molar-refractivity contribution in [3.63, 3.8) is 0 Å². The fourth-order valence-electron chi connectivity index (χ4n) is 3.61. The first-order chi connectivity index (χ1) is 12.2. The van der Waals surface area contributed by atoms with Gasteiger partial charge in [-0.1, -0.05) is 0 Å². The molecule has 25 heavy (non-hydrogen) atoms. The Bertz CT molecular complexity index is 791. The smallest absolute Gasteiger partial charge is 0.275 e. The van der Waals surface area contributed by atoms with Crippen LogP contribution in [0, 0.1) is 0 Å². The molecule has 2 aromatic heterocycles. The fraction of sp³-hybridized carbons (Fsp3) is 0.647. The normalized spacial score (nSPS) is 26.4. The van der Waals surface area contributed by atoms with Crippen molar-refractivity contribution in [1.82, 2.24) is 30.3 Å². The molecule has 5 rings (SSSR count). The molecule has 0 unspecified atom stereocenters. The van der Waals surface area contributed by atoms with Crippen LogP contribution in [0.5, 0.6) is 0 Å². The van der Waals surface area contributed by atoms with E-state index < -0.39 is 0 Å². The first-order valence-electron chi connectivity index (χ1n) is 9.04. The van der Waals surface area contributed by atoms with E-state index >= 15 is 0 Å². The third-order valence-corrected chi connectivity index (χ3v) is 5.47. The van der Waals surface area contributed by atoms with E-state index in [1.807, 2.05) is 11.0 Å². The standard InChI is InChI=1S/C17H22N6O2/c1-25-11-6-14(16-18-15(21-22-16)10-4-5-10)23(8-11)17(24)13-7-12(19-20-13)9-2-3-9/h7,9-11,14H,2-6,8H2,1H3,(H,19,20)(H,18,21,22)/t11-,14+/m1/s1. The number of methoxy groups -OCH3 is 1. The molecule has 2 aromatic rings. The van der Waals surface area contributed by atoms with Crippen molar-refractivity contribution in [3.8, 4) is 0 Å². The molecule has 1 aliphatic heterocycles. The highest BCUT2D eigenvalue weighted by atomic mass is 16.5. The van der Waals surface area contributed by atoms with Crippen LogP contribution in [0.1, 0.15) is 77.8 Å². The Morgan fingerprint density at radius 1 is 1.20 bits per heavy atom. The second-order valence-electron chi connectivity index (χ2n) is 7.40. The first-order valence-corrected chi connectivity index (χ1v) is 9.04. The zero-order chi connectivity index (χ0) is 17.0. The van der Waals surface area contributed by atoms with E-state index in [-0.39, 0.29) is 18.1 Å². The molecule has 2 saturated carbocycles. The highest BCUT2D eigenvalue weighted by Gasteiger charge is 2.40. The highest BCUT2D eigenvalue weighted by molar-refractivity contribution is 5.93. The van der Waals surface area contributed by atoms with Gasteiger partial charge in [-0.3, -0.25) is 15.0 Å². The number of rotatable bonds is 5. The molecule has 8 nitrogen and oxygen atoms in total. The summed E-state index contributed by atoms with van der Waals surface area (Å²) in [4.78, 5) is 19.5. The van der Waals surface area contributed by atoms with Gasteiger partial charge in [-0.05, 0) is 31.7 Å². The van der Waals surface area contributed by atoms with Gasteiger partial charge in [0.1, 0.15) is 11.5 Å². The minimum atomic E-state index is -0.140. The molecule has 132 valence electrons. The third-order valence-electron chi connectivity index (χ3n) is 5.47. The second-order valence-corrected chi connectivity index (χ2v) is 7.40. The minimum absolute atomic E-state index is 0.00488. The van der Waals surface area contributed by atoms with Crippen LogP contribution < -0.4 is 0 Å². The Kier molecular flexibility index (Phi) is 3.41. The van der Waals surface area contributed by atoms with Crippen molar-refractivity contribution in [2.45, 2.75) is 56.1 Å². The van der Waals surface area contributed by atoms with Gasteiger partial charge in [0, 0.05) is 37.6 Å². The summed E-state index contributed by atoms with van der Waals surface area (Å²) in [6, 6.07) is 1.76. The van der Waals surface area contributed by atoms with Crippen molar-refractivity contribution in [2.24, 2.45) is 0 Å². The maximum atomic E-state index is 13.0. The monoisotopic (exact) mass is 342 g/mol. The van der Waals surface area contributed by atoms with Crippen LogP contribution in [-0.2, 0) is 4.74 Å². The van der Waals surface area contributed by atoms with Gasteiger partial charge >= 0.3 is 0 Å². The lowest BCUT2D eigenvalue weighted by Gasteiger charge is -2.21. The Morgan fingerprint density at radius 2 is 2.00 bits per heavy atom. The molecule has 2 atom stereocenters. The molecule has 0 spiro atoms. The van der Waals surface area contributed by atoms with Crippen LogP contribution in [0.3, 0.4) is 0 Å². The second kappa shape index (κ2) is 5.66. The average Bonchev–Trinajstić information content (AvgIpc) is 3.51. The van der Waals surface area contributed by atoms with Crippen molar-refractivity contribution < 1.29 is 9.53 Å². The number of amides is 1. The van der Waals surface area contributed by atoms with Gasteiger partial charge in [0.2, 0.25) is 0 Å². The molecule has 0 radical (unpaired) electrons. The van der Waals surface area contributed by atoms with Gasteiger partial charge in [-0.25, -0.2) is 4.98 Å². The third kappa shape index (κ3) is 2.74. The van der Waals surface area contributed by atoms with E-state index in [9.17, 15) is 4.79 Å². The lowest BCUT2D eigenvalue weighted by atomic mass is 10.2. The van der Waals surface area contributed by atoms with Gasteiger partial charge < -0.3 is 9.64 Å². The van der Waals surface area contributed by atoms with E-state index in [1.54, 1.807) is 7.11 Å². The molecule has 8 heteroatoms. The van der Waals surface area contributed by atoms with Gasteiger partial charge in [0.25, 0.3) is 5.91 Å². The Morgan fingerprint density at radius 3 is 2.72 bits per heavy atom. The number of nitrogens with zero attached hydrogens (tertiary/aromatic N) is 4. The molecule has 2 N–H and O–H groups in total. The Labute approximate surface area is 145 Å². The lowest BCUT2D eigenvalue weighted by molar-refractivity contribution is 0.0678. The highest BCUT2D eigenvalue weighted by Crippen LogP contribution is 2.41. The SMILES string of the molecule is CO[C@@H]1C[C@@H](c2nc(C3CC3)n[nH]2)N(C(=O)c2cc(C3CC3)[nH]n2)C1. The van der Waals surface area contributed by atoms with Crippen molar-refractivity contribution >= 4 is 5.91 Å². The van der Waals surface area contributed by atoms with Gasteiger partial charge in [-0.15, -0.1) is 0 Å². The number of carbonyl (C=O) groups is 1. The Hall–Kier alpha value is -2.22. The topological polar surface area (TPSA) is 99.8 Å². The van der Waals surface area contributed by atoms with Crippen molar-refractivity contribution in [3.05, 3.63) is 29.1 Å². The van der Waals surface area contributed by atoms with E-state index in [0.29, 0.717) is 24.1 Å². The molecule has 0 bridgehead atoms. The van der Waals surface area contributed by atoms with Gasteiger partial charge in [-0.2, -0.15) is 10.2 Å². The summed E-state index contributed by atoms with van der Waals surface area (Å²) in [7, 11) is 1.69. The molecule has 0 aromatic carbocycles. The quantitative estimate of drug-likeness (QED) is 0.864. The van der Waals surface area contributed by atoms with E-state index in [4.69, 9.17) is 4.74 Å². The molecular weight excluding hydrogens is 320 g/mol. The molecule has 1 saturated heterocycles. The number of aromatic amines is 2. The van der Waals surface area contributed by atoms with Crippen molar-refractivity contribution in [2.75, 3.05) is 13.7 Å². The van der Waals surface area contributed by atoms with Crippen LogP contribution in [-0.4, -0.2) is 55.9 Å². The molecular formula is C17H22N6O2. The first kappa shape index (κ1) is 15.1. The summed E-state index contributed by atoms with van der Waals surface area (Å²) in [5, 5.41) is 14.6. The number of ether oxygens (including phenoxy) is 1. The molecule has 3 fully saturated rings. The maximum Gasteiger partial charge on any atom is 0.275 e. The number of hydrogen-bond acceptors (Lipinski definition) is 5. The summed E-state index contributed by atoms with van der Waals surface area (Å²) >= 11 is 0. The number of likely N-dealkylation sites (tertiary alicyclic amines) is 1. The Balaban J connectivity index is 1.40. The fourth-order valence-corrected chi connectivity index (χ4v) is 3.61.